The highest BCUT2D eigenvalue weighted by Gasteiger charge is 2.12. The van der Waals surface area contributed by atoms with Crippen molar-refractivity contribution in [1.82, 2.24) is 15.1 Å². The Morgan fingerprint density at radius 3 is 2.69 bits per heavy atom. The van der Waals surface area contributed by atoms with Gasteiger partial charge in [-0.2, -0.15) is 0 Å². The molecular weight excluding hydrogens is 198 g/mol. The first kappa shape index (κ1) is 13.9. The molecule has 0 amide bonds. The molecule has 1 saturated heterocycles. The zero-order valence-corrected chi connectivity index (χ0v) is 11.3. The van der Waals surface area contributed by atoms with E-state index >= 15 is 0 Å². The van der Waals surface area contributed by atoms with E-state index < -0.39 is 0 Å². The Balaban J connectivity index is 2.24. The predicted octanol–water partition coefficient (Wildman–Crippen LogP) is 1.40. The van der Waals surface area contributed by atoms with Crippen molar-refractivity contribution >= 4 is 0 Å². The molecule has 3 heteroatoms. The zero-order chi connectivity index (χ0) is 11.8. The van der Waals surface area contributed by atoms with Crippen molar-refractivity contribution in [2.75, 3.05) is 45.8 Å². The summed E-state index contributed by atoms with van der Waals surface area (Å²) in [6, 6.07) is 0.685. The summed E-state index contributed by atoms with van der Waals surface area (Å²) in [5.74, 6) is 0. The van der Waals surface area contributed by atoms with Gasteiger partial charge in [-0.15, -0.1) is 0 Å². The van der Waals surface area contributed by atoms with Gasteiger partial charge in [-0.3, -0.25) is 4.90 Å². The van der Waals surface area contributed by atoms with Crippen molar-refractivity contribution in [2.45, 2.75) is 39.7 Å². The molecule has 96 valence electrons. The lowest BCUT2D eigenvalue weighted by Crippen LogP contribution is -2.40. The standard InChI is InChI=1S/C13H29N3/c1-4-8-16(13(2)3)12-11-15-9-5-6-14-7-10-15/h13-14H,4-12H2,1-3H3. The van der Waals surface area contributed by atoms with Gasteiger partial charge in [0.2, 0.25) is 0 Å². The molecule has 3 nitrogen and oxygen atoms in total. The second-order valence-corrected chi connectivity index (χ2v) is 5.07. The molecule has 0 aromatic heterocycles. The molecule has 0 aromatic carbocycles. The van der Waals surface area contributed by atoms with E-state index in [1.807, 2.05) is 0 Å². The van der Waals surface area contributed by atoms with E-state index in [1.54, 1.807) is 0 Å². The van der Waals surface area contributed by atoms with Crippen LogP contribution in [-0.2, 0) is 0 Å². The zero-order valence-electron chi connectivity index (χ0n) is 11.3. The van der Waals surface area contributed by atoms with Crippen LogP contribution in [0, 0.1) is 0 Å². The van der Waals surface area contributed by atoms with Crippen molar-refractivity contribution in [1.29, 1.82) is 0 Å². The number of nitrogens with one attached hydrogen (secondary N) is 1. The first-order valence-corrected chi connectivity index (χ1v) is 6.91. The molecule has 0 spiro atoms. The molecule has 1 rings (SSSR count). The summed E-state index contributed by atoms with van der Waals surface area (Å²) in [4.78, 5) is 5.20. The lowest BCUT2D eigenvalue weighted by molar-refractivity contribution is 0.179. The maximum absolute atomic E-state index is 3.46. The molecule has 1 fully saturated rings. The Morgan fingerprint density at radius 2 is 2.00 bits per heavy atom. The quantitative estimate of drug-likeness (QED) is 0.740. The summed E-state index contributed by atoms with van der Waals surface area (Å²) in [7, 11) is 0. The minimum Gasteiger partial charge on any atom is -0.315 e. The van der Waals surface area contributed by atoms with Crippen LogP contribution in [0.4, 0.5) is 0 Å². The first-order valence-electron chi connectivity index (χ1n) is 6.91. The van der Waals surface area contributed by atoms with Gasteiger partial charge in [-0.25, -0.2) is 0 Å². The second-order valence-electron chi connectivity index (χ2n) is 5.07. The van der Waals surface area contributed by atoms with Crippen LogP contribution in [0.2, 0.25) is 0 Å². The molecule has 0 radical (unpaired) electrons. The molecule has 0 saturated carbocycles. The van der Waals surface area contributed by atoms with Gasteiger partial charge >= 0.3 is 0 Å². The van der Waals surface area contributed by atoms with E-state index in [0.29, 0.717) is 6.04 Å². The summed E-state index contributed by atoms with van der Waals surface area (Å²) >= 11 is 0. The molecule has 0 aliphatic carbocycles. The third kappa shape index (κ3) is 5.28. The van der Waals surface area contributed by atoms with E-state index in [9.17, 15) is 0 Å². The van der Waals surface area contributed by atoms with E-state index in [-0.39, 0.29) is 0 Å². The summed E-state index contributed by atoms with van der Waals surface area (Å²) in [5, 5.41) is 3.46. The number of rotatable bonds is 6. The minimum atomic E-state index is 0.685. The molecule has 1 N–H and O–H groups in total. The van der Waals surface area contributed by atoms with Crippen LogP contribution in [0.1, 0.15) is 33.6 Å². The Kier molecular flexibility index (Phi) is 7.01. The van der Waals surface area contributed by atoms with Gasteiger partial charge in [-0.1, -0.05) is 6.92 Å². The van der Waals surface area contributed by atoms with Crippen molar-refractivity contribution in [2.24, 2.45) is 0 Å². The fraction of sp³-hybridized carbons (Fsp3) is 1.00. The maximum Gasteiger partial charge on any atom is 0.0112 e. The largest absolute Gasteiger partial charge is 0.315 e. The Morgan fingerprint density at radius 1 is 1.19 bits per heavy atom. The molecule has 0 unspecified atom stereocenters. The van der Waals surface area contributed by atoms with Gasteiger partial charge in [0.25, 0.3) is 0 Å². The fourth-order valence-corrected chi connectivity index (χ4v) is 2.31. The van der Waals surface area contributed by atoms with Gasteiger partial charge in [0.15, 0.2) is 0 Å². The monoisotopic (exact) mass is 227 g/mol. The molecule has 0 bridgehead atoms. The predicted molar refractivity (Wildman–Crippen MR) is 70.9 cm³/mol. The van der Waals surface area contributed by atoms with E-state index in [0.717, 1.165) is 6.54 Å². The maximum atomic E-state index is 3.46. The topological polar surface area (TPSA) is 18.5 Å². The third-order valence-corrected chi connectivity index (χ3v) is 3.38. The molecule has 0 atom stereocenters. The summed E-state index contributed by atoms with van der Waals surface area (Å²) in [6.45, 7) is 15.4. The van der Waals surface area contributed by atoms with E-state index in [4.69, 9.17) is 0 Å². The lowest BCUT2D eigenvalue weighted by Gasteiger charge is -2.29. The average molecular weight is 227 g/mol. The van der Waals surface area contributed by atoms with Gasteiger partial charge < -0.3 is 10.2 Å². The molecule has 1 aliphatic rings. The van der Waals surface area contributed by atoms with Crippen LogP contribution in [-0.4, -0.2) is 61.7 Å². The fourth-order valence-electron chi connectivity index (χ4n) is 2.31. The average Bonchev–Trinajstić information content (AvgIpc) is 2.52. The summed E-state index contributed by atoms with van der Waals surface area (Å²) in [5.41, 5.74) is 0. The summed E-state index contributed by atoms with van der Waals surface area (Å²) in [6.07, 6.45) is 2.56. The minimum absolute atomic E-state index is 0.685. The highest BCUT2D eigenvalue weighted by atomic mass is 15.2. The van der Waals surface area contributed by atoms with Gasteiger partial charge in [0.1, 0.15) is 0 Å². The second kappa shape index (κ2) is 8.04. The van der Waals surface area contributed by atoms with Crippen molar-refractivity contribution in [3.05, 3.63) is 0 Å². The number of nitrogens with zero attached hydrogens (tertiary/aromatic N) is 2. The third-order valence-electron chi connectivity index (χ3n) is 3.38. The first-order chi connectivity index (χ1) is 7.74. The van der Waals surface area contributed by atoms with Crippen LogP contribution in [0.5, 0.6) is 0 Å². The van der Waals surface area contributed by atoms with E-state index in [2.05, 4.69) is 35.9 Å². The Bertz CT molecular complexity index is 163. The highest BCUT2D eigenvalue weighted by molar-refractivity contribution is 4.69. The van der Waals surface area contributed by atoms with Crippen LogP contribution in [0.3, 0.4) is 0 Å². The number of hydrogen-bond acceptors (Lipinski definition) is 3. The number of hydrogen-bond donors (Lipinski definition) is 1. The molecule has 1 heterocycles. The lowest BCUT2D eigenvalue weighted by atomic mass is 10.3. The van der Waals surface area contributed by atoms with Crippen LogP contribution in [0.25, 0.3) is 0 Å². The van der Waals surface area contributed by atoms with Crippen molar-refractivity contribution in [3.63, 3.8) is 0 Å². The highest BCUT2D eigenvalue weighted by Crippen LogP contribution is 2.02. The van der Waals surface area contributed by atoms with Crippen LogP contribution >= 0.6 is 0 Å². The van der Waals surface area contributed by atoms with Crippen LogP contribution in [0.15, 0.2) is 0 Å². The van der Waals surface area contributed by atoms with Crippen LogP contribution < -0.4 is 5.32 Å². The Labute approximate surface area is 101 Å². The van der Waals surface area contributed by atoms with Gasteiger partial charge in [-0.05, 0) is 46.3 Å². The Hall–Kier alpha value is -0.120. The normalized spacial score (nSPS) is 19.3. The van der Waals surface area contributed by atoms with Crippen molar-refractivity contribution in [3.8, 4) is 0 Å². The molecule has 0 aromatic rings. The summed E-state index contributed by atoms with van der Waals surface area (Å²) < 4.78 is 0. The molecule has 1 aliphatic heterocycles. The smallest absolute Gasteiger partial charge is 0.0112 e. The van der Waals surface area contributed by atoms with Gasteiger partial charge in [0, 0.05) is 32.2 Å². The molecule has 16 heavy (non-hydrogen) atoms. The van der Waals surface area contributed by atoms with Crippen molar-refractivity contribution < 1.29 is 0 Å². The van der Waals surface area contributed by atoms with E-state index in [1.165, 1.54) is 52.1 Å². The SMILES string of the molecule is CCCN(CCN1CCCNCC1)C(C)C. The van der Waals surface area contributed by atoms with Gasteiger partial charge in [0.05, 0.1) is 0 Å². The molecular formula is C13H29N3.